The molecule has 1 atom stereocenters. The van der Waals surface area contributed by atoms with Gasteiger partial charge in [-0.1, -0.05) is 0 Å². The third-order valence-electron chi connectivity index (χ3n) is 4.18. The van der Waals surface area contributed by atoms with Crippen molar-refractivity contribution in [3.63, 3.8) is 0 Å². The molecule has 2 aromatic rings. The van der Waals surface area contributed by atoms with Crippen LogP contribution in [0.1, 0.15) is 19.0 Å². The number of halogens is 3. The van der Waals surface area contributed by atoms with E-state index < -0.39 is 22.4 Å². The summed E-state index contributed by atoms with van der Waals surface area (Å²) in [6.07, 6.45) is -1.45. The minimum Gasteiger partial charge on any atom is -0.438 e. The maximum Gasteiger partial charge on any atom is 0.433 e. The van der Waals surface area contributed by atoms with Crippen molar-refractivity contribution in [1.29, 1.82) is 0 Å². The van der Waals surface area contributed by atoms with Crippen molar-refractivity contribution in [3.8, 4) is 6.01 Å². The fraction of sp³-hybridized carbons (Fsp3) is 0.467. The van der Waals surface area contributed by atoms with Crippen LogP contribution in [-0.4, -0.2) is 38.7 Å². The molecule has 11 heteroatoms. The molecular weight excluding hydrogens is 355 g/mol. The van der Waals surface area contributed by atoms with E-state index >= 15 is 0 Å². The second-order valence-electron chi connectivity index (χ2n) is 6.39. The molecule has 1 unspecified atom stereocenters. The Morgan fingerprint density at radius 3 is 2.77 bits per heavy atom. The Morgan fingerprint density at radius 1 is 1.46 bits per heavy atom. The van der Waals surface area contributed by atoms with Gasteiger partial charge in [0.1, 0.15) is 17.5 Å². The number of aryl methyl sites for hydroxylation is 1. The number of anilines is 1. The van der Waals surface area contributed by atoms with E-state index in [-0.39, 0.29) is 11.8 Å². The zero-order valence-corrected chi connectivity index (χ0v) is 14.0. The molecule has 0 amide bonds. The van der Waals surface area contributed by atoms with Crippen LogP contribution < -0.4 is 9.64 Å². The highest BCUT2D eigenvalue weighted by Crippen LogP contribution is 2.32. The van der Waals surface area contributed by atoms with Gasteiger partial charge in [-0.3, -0.25) is 4.57 Å². The highest BCUT2D eigenvalue weighted by Gasteiger charge is 2.38. The van der Waals surface area contributed by atoms with Crippen LogP contribution in [0.3, 0.4) is 0 Å². The summed E-state index contributed by atoms with van der Waals surface area (Å²) in [4.78, 5) is 19.2. The number of nitro groups is 1. The summed E-state index contributed by atoms with van der Waals surface area (Å²) in [5, 5.41) is 10.8. The van der Waals surface area contributed by atoms with Crippen LogP contribution in [0.4, 0.5) is 24.7 Å². The predicted molar refractivity (Wildman–Crippen MR) is 85.0 cm³/mol. The number of imidazole rings is 1. The van der Waals surface area contributed by atoms with Crippen molar-refractivity contribution in [2.45, 2.75) is 31.7 Å². The molecule has 0 saturated carbocycles. The summed E-state index contributed by atoms with van der Waals surface area (Å²) in [5.41, 5.74) is -1.15. The van der Waals surface area contributed by atoms with Crippen LogP contribution in [0.5, 0.6) is 6.01 Å². The van der Waals surface area contributed by atoms with Gasteiger partial charge in [0, 0.05) is 25.0 Å². The van der Waals surface area contributed by atoms with Crippen LogP contribution in [0.2, 0.25) is 0 Å². The highest BCUT2D eigenvalue weighted by molar-refractivity contribution is 5.44. The van der Waals surface area contributed by atoms with Crippen molar-refractivity contribution in [2.24, 2.45) is 0 Å². The lowest BCUT2D eigenvalue weighted by Crippen LogP contribution is -2.47. The van der Waals surface area contributed by atoms with Gasteiger partial charge < -0.3 is 19.8 Å². The second kappa shape index (κ2) is 6.15. The van der Waals surface area contributed by atoms with E-state index in [2.05, 4.69) is 9.97 Å². The molecule has 26 heavy (non-hydrogen) atoms. The lowest BCUT2D eigenvalue weighted by molar-refractivity contribution is -0.389. The van der Waals surface area contributed by atoms with Crippen molar-refractivity contribution in [2.75, 3.05) is 18.5 Å². The van der Waals surface area contributed by atoms with E-state index in [1.54, 1.807) is 16.5 Å². The molecule has 3 rings (SSSR count). The van der Waals surface area contributed by atoms with E-state index in [0.717, 1.165) is 12.3 Å². The van der Waals surface area contributed by atoms with Gasteiger partial charge in [0.25, 0.3) is 0 Å². The van der Waals surface area contributed by atoms with Crippen LogP contribution >= 0.6 is 0 Å². The molecule has 0 aromatic carbocycles. The first-order valence-electron chi connectivity index (χ1n) is 7.72. The number of nitrogens with zero attached hydrogens (tertiary/aromatic N) is 5. The van der Waals surface area contributed by atoms with Gasteiger partial charge in [-0.25, -0.2) is 4.98 Å². The molecule has 0 aliphatic carbocycles. The van der Waals surface area contributed by atoms with Crippen LogP contribution in [0.15, 0.2) is 24.5 Å². The smallest absolute Gasteiger partial charge is 0.433 e. The normalized spacial score (nSPS) is 19.6. The SMILES string of the molecule is CN(CC1(C)CCn2cc([N+](=O)[O-])nc2O1)c1ccc(C(F)(F)F)nc1. The topological polar surface area (TPSA) is 86.3 Å². The Balaban J connectivity index is 1.72. The molecule has 0 N–H and O–H groups in total. The number of pyridine rings is 1. The molecule has 0 fully saturated rings. The Kier molecular flexibility index (Phi) is 4.24. The number of hydrogen-bond donors (Lipinski definition) is 0. The lowest BCUT2D eigenvalue weighted by atomic mass is 10.00. The van der Waals surface area contributed by atoms with Crippen molar-refractivity contribution < 1.29 is 22.8 Å². The predicted octanol–water partition coefficient (Wildman–Crippen LogP) is 2.88. The Bertz CT molecular complexity index is 821. The van der Waals surface area contributed by atoms with Crippen molar-refractivity contribution >= 4 is 11.5 Å². The average Bonchev–Trinajstić information content (AvgIpc) is 2.97. The largest absolute Gasteiger partial charge is 0.438 e. The number of alkyl halides is 3. The molecular formula is C15H16F3N5O3. The molecule has 3 heterocycles. The summed E-state index contributed by atoms with van der Waals surface area (Å²) in [7, 11) is 1.71. The van der Waals surface area contributed by atoms with Gasteiger partial charge in [0.05, 0.1) is 18.4 Å². The first kappa shape index (κ1) is 18.0. The van der Waals surface area contributed by atoms with E-state index in [1.165, 1.54) is 12.3 Å². The third kappa shape index (κ3) is 3.55. The first-order chi connectivity index (χ1) is 12.1. The van der Waals surface area contributed by atoms with Crippen LogP contribution in [0.25, 0.3) is 0 Å². The molecule has 0 spiro atoms. The van der Waals surface area contributed by atoms with Gasteiger partial charge in [-0.15, -0.1) is 0 Å². The zero-order valence-electron chi connectivity index (χ0n) is 14.0. The van der Waals surface area contributed by atoms with E-state index in [0.29, 0.717) is 25.2 Å². The van der Waals surface area contributed by atoms with E-state index in [4.69, 9.17) is 4.74 Å². The molecule has 0 bridgehead atoms. The number of fused-ring (bicyclic) bond motifs is 1. The van der Waals surface area contributed by atoms with Gasteiger partial charge in [-0.2, -0.15) is 13.2 Å². The lowest BCUT2D eigenvalue weighted by Gasteiger charge is -2.36. The maximum absolute atomic E-state index is 12.6. The van der Waals surface area contributed by atoms with Crippen LogP contribution in [-0.2, 0) is 12.7 Å². The van der Waals surface area contributed by atoms with Gasteiger partial charge in [0.2, 0.25) is 0 Å². The number of hydrogen-bond acceptors (Lipinski definition) is 6. The summed E-state index contributed by atoms with van der Waals surface area (Å²) in [5.74, 6) is -0.287. The molecule has 140 valence electrons. The third-order valence-corrected chi connectivity index (χ3v) is 4.18. The number of likely N-dealkylation sites (N-methyl/N-ethyl adjacent to an activating group) is 1. The molecule has 2 aromatic heterocycles. The number of rotatable bonds is 4. The fourth-order valence-electron chi connectivity index (χ4n) is 2.83. The summed E-state index contributed by atoms with van der Waals surface area (Å²) in [6, 6.07) is 2.42. The minimum absolute atomic E-state index is 0.157. The quantitative estimate of drug-likeness (QED) is 0.607. The Morgan fingerprint density at radius 2 is 2.19 bits per heavy atom. The minimum atomic E-state index is -4.48. The number of ether oxygens (including phenoxy) is 1. The van der Waals surface area contributed by atoms with E-state index in [9.17, 15) is 23.3 Å². The molecule has 1 aliphatic heterocycles. The van der Waals surface area contributed by atoms with Gasteiger partial charge in [0.15, 0.2) is 0 Å². The van der Waals surface area contributed by atoms with Gasteiger partial charge >= 0.3 is 18.0 Å². The second-order valence-corrected chi connectivity index (χ2v) is 6.39. The van der Waals surface area contributed by atoms with Crippen molar-refractivity contribution in [1.82, 2.24) is 14.5 Å². The Labute approximate surface area is 146 Å². The average molecular weight is 371 g/mol. The summed E-state index contributed by atoms with van der Waals surface area (Å²) in [6.45, 7) is 2.66. The zero-order chi connectivity index (χ0) is 19.1. The van der Waals surface area contributed by atoms with Gasteiger partial charge in [-0.05, 0) is 24.0 Å². The summed E-state index contributed by atoms with van der Waals surface area (Å²) >= 11 is 0. The monoisotopic (exact) mass is 371 g/mol. The number of aromatic nitrogens is 3. The first-order valence-corrected chi connectivity index (χ1v) is 7.72. The van der Waals surface area contributed by atoms with E-state index in [1.807, 2.05) is 6.92 Å². The standard InChI is InChI=1S/C15H16F3N5O3/c1-14(5-6-22-8-12(23(24)25)20-13(22)26-14)9-21(2)10-3-4-11(19-7-10)15(16,17)18/h3-4,7-8H,5-6,9H2,1-2H3. The highest BCUT2D eigenvalue weighted by atomic mass is 19.4. The Hall–Kier alpha value is -2.85. The molecule has 8 nitrogen and oxygen atoms in total. The maximum atomic E-state index is 12.6. The molecule has 0 radical (unpaired) electrons. The van der Waals surface area contributed by atoms with Crippen LogP contribution in [0, 0.1) is 10.1 Å². The molecule has 0 saturated heterocycles. The summed E-state index contributed by atoms with van der Waals surface area (Å²) < 4.78 is 45.2. The fourth-order valence-corrected chi connectivity index (χ4v) is 2.83. The molecule has 1 aliphatic rings. The van der Waals surface area contributed by atoms with Crippen molar-refractivity contribution in [3.05, 3.63) is 40.3 Å².